The fraction of sp³-hybridized carbons (Fsp3) is 0. The van der Waals surface area contributed by atoms with Gasteiger partial charge in [0.2, 0.25) is 0 Å². The number of aromatic nitrogens is 7. The minimum Gasteiger partial charge on any atom is -0.265 e. The van der Waals surface area contributed by atoms with E-state index in [0.717, 1.165) is 72.5 Å². The molecule has 11 rings (SSSR count). The molecule has 4 aromatic heterocycles. The summed E-state index contributed by atoms with van der Waals surface area (Å²) in [5.41, 5.74) is 12.8. The number of rotatable bonds is 8. The molecule has 7 heteroatoms. The van der Waals surface area contributed by atoms with Gasteiger partial charge in [0.25, 0.3) is 0 Å². The van der Waals surface area contributed by atoms with Crippen LogP contribution in [0.3, 0.4) is 0 Å². The first-order valence-electron chi connectivity index (χ1n) is 20.4. The number of fused-ring (bicyclic) bond motifs is 3. The summed E-state index contributed by atoms with van der Waals surface area (Å²) in [4.78, 5) is 33.1. The van der Waals surface area contributed by atoms with Crippen LogP contribution >= 0.6 is 0 Å². The van der Waals surface area contributed by atoms with Gasteiger partial charge in [0, 0.05) is 58.8 Å². The van der Waals surface area contributed by atoms with E-state index < -0.39 is 0 Å². The number of nitrogens with zero attached hydrogens (tertiary/aromatic N) is 7. The Morgan fingerprint density at radius 1 is 0.290 bits per heavy atom. The Balaban J connectivity index is 1.14. The molecule has 7 aromatic carbocycles. The average molecular weight is 794 g/mol. The second-order valence-corrected chi connectivity index (χ2v) is 15.1. The van der Waals surface area contributed by atoms with Gasteiger partial charge in [-0.05, 0) is 121 Å². The van der Waals surface area contributed by atoms with Crippen molar-refractivity contribution < 1.29 is 0 Å². The molecule has 11 aromatic rings. The minimum atomic E-state index is 0.564. The highest BCUT2D eigenvalue weighted by Gasteiger charge is 2.18. The van der Waals surface area contributed by atoms with E-state index in [1.54, 1.807) is 6.33 Å². The molecule has 0 aliphatic heterocycles. The molecular formula is C55H35N7. The maximum absolute atomic E-state index is 5.29. The van der Waals surface area contributed by atoms with Crippen LogP contribution in [0.5, 0.6) is 0 Å². The monoisotopic (exact) mass is 793 g/mol. The van der Waals surface area contributed by atoms with Gasteiger partial charge in [-0.15, -0.1) is 0 Å². The van der Waals surface area contributed by atoms with Crippen molar-refractivity contribution in [2.24, 2.45) is 0 Å². The van der Waals surface area contributed by atoms with Crippen molar-refractivity contribution in [1.29, 1.82) is 0 Å². The highest BCUT2D eigenvalue weighted by molar-refractivity contribution is 6.14. The third-order valence-electron chi connectivity index (χ3n) is 11.2. The van der Waals surface area contributed by atoms with Gasteiger partial charge in [0.1, 0.15) is 6.33 Å². The number of benzene rings is 7. The van der Waals surface area contributed by atoms with E-state index in [-0.39, 0.29) is 0 Å². The fourth-order valence-corrected chi connectivity index (χ4v) is 8.17. The number of pyridine rings is 2. The lowest BCUT2D eigenvalue weighted by Gasteiger charge is -2.15. The van der Waals surface area contributed by atoms with Crippen molar-refractivity contribution >= 4 is 21.5 Å². The van der Waals surface area contributed by atoms with Crippen LogP contribution in [-0.2, 0) is 0 Å². The topological polar surface area (TPSA) is 90.2 Å². The van der Waals surface area contributed by atoms with Gasteiger partial charge < -0.3 is 0 Å². The first-order valence-corrected chi connectivity index (χ1v) is 20.4. The Morgan fingerprint density at radius 2 is 0.839 bits per heavy atom. The van der Waals surface area contributed by atoms with Gasteiger partial charge in [-0.1, -0.05) is 115 Å². The van der Waals surface area contributed by atoms with E-state index in [9.17, 15) is 0 Å². The Hall–Kier alpha value is -8.55. The second kappa shape index (κ2) is 15.9. The maximum Gasteiger partial charge on any atom is 0.164 e. The highest BCUT2D eigenvalue weighted by atomic mass is 15.0. The van der Waals surface area contributed by atoms with Gasteiger partial charge in [0.15, 0.2) is 17.5 Å². The lowest BCUT2D eigenvalue weighted by molar-refractivity contribution is 1.07. The van der Waals surface area contributed by atoms with Crippen molar-refractivity contribution in [3.8, 4) is 89.9 Å². The summed E-state index contributed by atoms with van der Waals surface area (Å²) in [6.07, 6.45) is 10.6. The molecule has 0 atom stereocenters. The van der Waals surface area contributed by atoms with Gasteiger partial charge in [-0.2, -0.15) is 0 Å². The van der Waals surface area contributed by atoms with Crippen molar-refractivity contribution in [3.05, 3.63) is 213 Å². The standard InChI is InChI=1S/C55H35N7/c1-2-14-48-40(9-1)32-51(50-16-4-3-15-49(48)50)45-29-44(36-18-20-37(21-19-36)47-33-57-35-58-34-47)30-46(31-45)55-61-53(42-12-7-10-39(27-42)38-22-25-56-26-23-38)60-54(62-55)43-13-8-11-41(28-43)52-17-5-6-24-59-52/h1-35H. The third-order valence-corrected chi connectivity index (χ3v) is 11.2. The number of hydrogen-bond donors (Lipinski definition) is 0. The van der Waals surface area contributed by atoms with Crippen LogP contribution in [0, 0.1) is 0 Å². The van der Waals surface area contributed by atoms with Crippen molar-refractivity contribution in [3.63, 3.8) is 0 Å². The van der Waals surface area contributed by atoms with Crippen molar-refractivity contribution in [2.45, 2.75) is 0 Å². The van der Waals surface area contributed by atoms with Gasteiger partial charge in [-0.25, -0.2) is 24.9 Å². The molecule has 0 saturated heterocycles. The summed E-state index contributed by atoms with van der Waals surface area (Å²) >= 11 is 0. The molecule has 0 radical (unpaired) electrons. The highest BCUT2D eigenvalue weighted by Crippen LogP contribution is 2.39. The summed E-state index contributed by atoms with van der Waals surface area (Å²) in [7, 11) is 0. The Morgan fingerprint density at radius 3 is 1.56 bits per heavy atom. The van der Waals surface area contributed by atoms with E-state index in [4.69, 9.17) is 15.0 Å². The zero-order chi connectivity index (χ0) is 41.2. The Labute approximate surface area is 358 Å². The smallest absolute Gasteiger partial charge is 0.164 e. The van der Waals surface area contributed by atoms with Crippen LogP contribution in [0.2, 0.25) is 0 Å². The Kier molecular flexibility index (Phi) is 9.37. The van der Waals surface area contributed by atoms with Gasteiger partial charge >= 0.3 is 0 Å². The fourth-order valence-electron chi connectivity index (χ4n) is 8.17. The zero-order valence-corrected chi connectivity index (χ0v) is 33.3. The third kappa shape index (κ3) is 7.14. The first kappa shape index (κ1) is 36.5. The van der Waals surface area contributed by atoms with E-state index in [1.807, 2.05) is 79.5 Å². The van der Waals surface area contributed by atoms with E-state index in [1.165, 1.54) is 21.5 Å². The molecule has 62 heavy (non-hydrogen) atoms. The summed E-state index contributed by atoms with van der Waals surface area (Å²) in [6, 6.07) is 61.3. The molecule has 0 unspecified atom stereocenters. The maximum atomic E-state index is 5.29. The van der Waals surface area contributed by atoms with Crippen molar-refractivity contribution in [2.75, 3.05) is 0 Å². The summed E-state index contributed by atoms with van der Waals surface area (Å²) in [5, 5.41) is 4.77. The second-order valence-electron chi connectivity index (χ2n) is 15.1. The van der Waals surface area contributed by atoms with Crippen LogP contribution in [0.4, 0.5) is 0 Å². The largest absolute Gasteiger partial charge is 0.265 e. The normalized spacial score (nSPS) is 11.2. The Bertz CT molecular complexity index is 3290. The predicted molar refractivity (Wildman–Crippen MR) is 250 cm³/mol. The summed E-state index contributed by atoms with van der Waals surface area (Å²) < 4.78 is 0. The molecular weight excluding hydrogens is 759 g/mol. The van der Waals surface area contributed by atoms with Gasteiger partial charge in [0.05, 0.1) is 5.69 Å². The lowest BCUT2D eigenvalue weighted by Crippen LogP contribution is -2.01. The lowest BCUT2D eigenvalue weighted by atomic mass is 9.90. The van der Waals surface area contributed by atoms with Crippen molar-refractivity contribution in [1.82, 2.24) is 34.9 Å². The molecule has 0 fully saturated rings. The molecule has 0 bridgehead atoms. The summed E-state index contributed by atoms with van der Waals surface area (Å²) in [6.45, 7) is 0. The molecule has 0 spiro atoms. The van der Waals surface area contributed by atoms with E-state index >= 15 is 0 Å². The first-order chi connectivity index (χ1) is 30.7. The SMILES string of the molecule is c1ccc(-c2cccc(-c3nc(-c4cccc(-c5ccncc5)c4)nc(-c4cc(-c5ccc(-c6cncnc6)cc5)cc(-c5cc6ccccc6c6ccccc56)c4)n3)c2)nc1. The van der Waals surface area contributed by atoms with Crippen LogP contribution in [-0.4, -0.2) is 34.9 Å². The molecule has 290 valence electrons. The summed E-state index contributed by atoms with van der Waals surface area (Å²) in [5.74, 6) is 1.70. The molecule has 0 aliphatic carbocycles. The van der Waals surface area contributed by atoms with Crippen LogP contribution in [0.1, 0.15) is 0 Å². The van der Waals surface area contributed by atoms with E-state index in [0.29, 0.717) is 17.5 Å². The van der Waals surface area contributed by atoms with Gasteiger partial charge in [-0.3, -0.25) is 9.97 Å². The van der Waals surface area contributed by atoms with Crippen LogP contribution in [0.15, 0.2) is 213 Å². The molecule has 7 nitrogen and oxygen atoms in total. The predicted octanol–water partition coefficient (Wildman–Crippen LogP) is 13.1. The minimum absolute atomic E-state index is 0.564. The van der Waals surface area contributed by atoms with E-state index in [2.05, 4.69) is 147 Å². The molecule has 0 N–H and O–H groups in total. The molecule has 0 aliphatic rings. The average Bonchev–Trinajstić information content (AvgIpc) is 3.37. The molecule has 0 amide bonds. The molecule has 4 heterocycles. The quantitative estimate of drug-likeness (QED) is 0.141. The van der Waals surface area contributed by atoms with Crippen LogP contribution < -0.4 is 0 Å². The number of hydrogen-bond acceptors (Lipinski definition) is 7. The molecule has 0 saturated carbocycles. The zero-order valence-electron chi connectivity index (χ0n) is 33.3. The van der Waals surface area contributed by atoms with Crippen LogP contribution in [0.25, 0.3) is 111 Å².